The van der Waals surface area contributed by atoms with E-state index in [1.54, 1.807) is 31.2 Å². The molecule has 0 radical (unpaired) electrons. The van der Waals surface area contributed by atoms with Gasteiger partial charge in [-0.1, -0.05) is 47.6 Å². The highest BCUT2D eigenvalue weighted by molar-refractivity contribution is 7.89. The quantitative estimate of drug-likeness (QED) is 0.581. The van der Waals surface area contributed by atoms with Gasteiger partial charge in [0.15, 0.2) is 0 Å². The van der Waals surface area contributed by atoms with Gasteiger partial charge in [0, 0.05) is 29.2 Å². The minimum atomic E-state index is -3.64. The topological polar surface area (TPSA) is 92.3 Å². The molecular weight excluding hydrogens is 456 g/mol. The second-order valence-electron chi connectivity index (χ2n) is 7.32. The first kappa shape index (κ1) is 21.9. The van der Waals surface area contributed by atoms with E-state index >= 15 is 0 Å². The minimum Gasteiger partial charge on any atom is -0.296 e. The summed E-state index contributed by atoms with van der Waals surface area (Å²) in [5.41, 5.74) is 1.71. The maximum Gasteiger partial charge on any atom is 0.257 e. The highest BCUT2D eigenvalue weighted by atomic mass is 35.5. The summed E-state index contributed by atoms with van der Waals surface area (Å²) < 4.78 is 27.7. The largest absolute Gasteiger partial charge is 0.296 e. The van der Waals surface area contributed by atoms with Crippen molar-refractivity contribution in [2.75, 3.05) is 18.4 Å². The van der Waals surface area contributed by atoms with Crippen molar-refractivity contribution in [3.63, 3.8) is 0 Å². The molecule has 10 heteroatoms. The predicted molar refractivity (Wildman–Crippen MR) is 122 cm³/mol. The van der Waals surface area contributed by atoms with Crippen LogP contribution in [0.3, 0.4) is 0 Å². The van der Waals surface area contributed by atoms with Gasteiger partial charge >= 0.3 is 0 Å². The Hall–Kier alpha value is -2.33. The molecule has 1 amide bonds. The van der Waals surface area contributed by atoms with Gasteiger partial charge < -0.3 is 0 Å². The lowest BCUT2D eigenvalue weighted by molar-refractivity contribution is 0.102. The van der Waals surface area contributed by atoms with Gasteiger partial charge in [-0.3, -0.25) is 10.1 Å². The number of piperidine rings is 1. The van der Waals surface area contributed by atoms with Crippen LogP contribution >= 0.6 is 22.9 Å². The van der Waals surface area contributed by atoms with Gasteiger partial charge in [-0.2, -0.15) is 4.31 Å². The zero-order chi connectivity index (χ0) is 22.0. The van der Waals surface area contributed by atoms with Crippen LogP contribution in [-0.2, 0) is 10.0 Å². The summed E-state index contributed by atoms with van der Waals surface area (Å²) in [4.78, 5) is 12.9. The van der Waals surface area contributed by atoms with Crippen LogP contribution in [-0.4, -0.2) is 41.9 Å². The van der Waals surface area contributed by atoms with Gasteiger partial charge in [0.25, 0.3) is 5.91 Å². The fourth-order valence-electron chi connectivity index (χ4n) is 3.42. The van der Waals surface area contributed by atoms with E-state index in [0.717, 1.165) is 24.8 Å². The third kappa shape index (κ3) is 4.79. The average molecular weight is 477 g/mol. The van der Waals surface area contributed by atoms with Crippen LogP contribution in [0.25, 0.3) is 10.6 Å². The number of sulfonamides is 1. The average Bonchev–Trinajstić information content (AvgIpc) is 3.23. The number of nitrogens with one attached hydrogen (secondary N) is 1. The smallest absolute Gasteiger partial charge is 0.257 e. The number of carbonyl (C=O) groups excluding carboxylic acids is 1. The summed E-state index contributed by atoms with van der Waals surface area (Å²) in [5.74, 6) is -0.436. The van der Waals surface area contributed by atoms with E-state index in [1.807, 2.05) is 12.1 Å². The standard InChI is InChI=1S/C21H21ClN4O3S2/c1-14-5-6-16(13-18(14)31(28,29)26-11-3-2-4-12-26)19(27)23-21-25-24-20(30-21)15-7-9-17(22)10-8-15/h5-10,13H,2-4,11-12H2,1H3,(H,23,25,27). The molecular formula is C21H21ClN4O3S2. The van der Waals surface area contributed by atoms with Crippen LogP contribution in [0.2, 0.25) is 5.02 Å². The molecule has 4 rings (SSSR count). The molecule has 3 aromatic rings. The van der Waals surface area contributed by atoms with E-state index in [-0.39, 0.29) is 10.5 Å². The predicted octanol–water partition coefficient (Wildman–Crippen LogP) is 4.59. The molecule has 1 saturated heterocycles. The first-order chi connectivity index (χ1) is 14.8. The van der Waals surface area contributed by atoms with Crippen molar-refractivity contribution in [1.82, 2.24) is 14.5 Å². The van der Waals surface area contributed by atoms with Crippen LogP contribution in [0.15, 0.2) is 47.4 Å². The van der Waals surface area contributed by atoms with Crippen molar-refractivity contribution >= 4 is 44.0 Å². The number of hydrogen-bond acceptors (Lipinski definition) is 6. The molecule has 0 saturated carbocycles. The zero-order valence-electron chi connectivity index (χ0n) is 16.8. The Morgan fingerprint density at radius 1 is 1.06 bits per heavy atom. The maximum absolute atomic E-state index is 13.1. The molecule has 1 fully saturated rings. The molecule has 0 unspecified atom stereocenters. The second kappa shape index (κ2) is 9.04. The molecule has 0 bridgehead atoms. The van der Waals surface area contributed by atoms with Gasteiger partial charge in [-0.25, -0.2) is 8.42 Å². The molecule has 1 aliphatic heterocycles. The molecule has 0 spiro atoms. The Bertz CT molecular complexity index is 1200. The number of carbonyl (C=O) groups is 1. The molecule has 1 N–H and O–H groups in total. The van der Waals surface area contributed by atoms with E-state index in [9.17, 15) is 13.2 Å². The van der Waals surface area contributed by atoms with Crippen molar-refractivity contribution in [1.29, 1.82) is 0 Å². The first-order valence-electron chi connectivity index (χ1n) is 9.86. The Kier molecular flexibility index (Phi) is 6.38. The number of aryl methyl sites for hydroxylation is 1. The maximum atomic E-state index is 13.1. The third-order valence-electron chi connectivity index (χ3n) is 5.12. The SMILES string of the molecule is Cc1ccc(C(=O)Nc2nnc(-c3ccc(Cl)cc3)s2)cc1S(=O)(=O)N1CCCCC1. The number of hydrogen-bond donors (Lipinski definition) is 1. The van der Waals surface area contributed by atoms with Crippen LogP contribution < -0.4 is 5.32 Å². The fraction of sp³-hybridized carbons (Fsp3) is 0.286. The van der Waals surface area contributed by atoms with E-state index in [4.69, 9.17) is 11.6 Å². The van der Waals surface area contributed by atoms with E-state index in [1.165, 1.54) is 21.7 Å². The molecule has 2 aromatic carbocycles. The van der Waals surface area contributed by atoms with Crippen molar-refractivity contribution in [3.8, 4) is 10.6 Å². The van der Waals surface area contributed by atoms with Crippen molar-refractivity contribution in [3.05, 3.63) is 58.6 Å². The van der Waals surface area contributed by atoms with Crippen molar-refractivity contribution in [2.45, 2.75) is 31.1 Å². The lowest BCUT2D eigenvalue weighted by Gasteiger charge is -2.26. The third-order valence-corrected chi connectivity index (χ3v) is 8.30. The number of halogens is 1. The molecule has 1 aliphatic rings. The summed E-state index contributed by atoms with van der Waals surface area (Å²) in [5, 5.41) is 12.4. The Morgan fingerprint density at radius 2 is 1.77 bits per heavy atom. The van der Waals surface area contributed by atoms with Crippen LogP contribution in [0, 0.1) is 6.92 Å². The molecule has 1 aromatic heterocycles. The van der Waals surface area contributed by atoms with E-state index in [2.05, 4.69) is 15.5 Å². The lowest BCUT2D eigenvalue weighted by Crippen LogP contribution is -2.36. The number of aromatic nitrogens is 2. The molecule has 2 heterocycles. The summed E-state index contributed by atoms with van der Waals surface area (Å²) in [6, 6.07) is 11.9. The summed E-state index contributed by atoms with van der Waals surface area (Å²) in [6.07, 6.45) is 2.74. The van der Waals surface area contributed by atoms with Crippen LogP contribution in [0.4, 0.5) is 5.13 Å². The Morgan fingerprint density at radius 3 is 2.48 bits per heavy atom. The zero-order valence-corrected chi connectivity index (χ0v) is 19.2. The lowest BCUT2D eigenvalue weighted by atomic mass is 10.1. The summed E-state index contributed by atoms with van der Waals surface area (Å²) in [7, 11) is -3.64. The highest BCUT2D eigenvalue weighted by Crippen LogP contribution is 2.28. The Labute approximate surface area is 190 Å². The highest BCUT2D eigenvalue weighted by Gasteiger charge is 2.28. The summed E-state index contributed by atoms with van der Waals surface area (Å²) >= 11 is 7.14. The van der Waals surface area contributed by atoms with Gasteiger partial charge in [0.1, 0.15) is 5.01 Å². The molecule has 0 atom stereocenters. The number of anilines is 1. The van der Waals surface area contributed by atoms with E-state index < -0.39 is 15.9 Å². The van der Waals surface area contributed by atoms with Crippen molar-refractivity contribution in [2.24, 2.45) is 0 Å². The second-order valence-corrected chi connectivity index (χ2v) is 10.6. The molecule has 31 heavy (non-hydrogen) atoms. The molecule has 7 nitrogen and oxygen atoms in total. The normalized spacial score (nSPS) is 15.0. The number of rotatable bonds is 5. The monoisotopic (exact) mass is 476 g/mol. The van der Waals surface area contributed by atoms with Gasteiger partial charge in [0.2, 0.25) is 15.2 Å². The van der Waals surface area contributed by atoms with Gasteiger partial charge in [0.05, 0.1) is 4.90 Å². The van der Waals surface area contributed by atoms with Crippen molar-refractivity contribution < 1.29 is 13.2 Å². The van der Waals surface area contributed by atoms with Crippen LogP contribution in [0.5, 0.6) is 0 Å². The Balaban J connectivity index is 1.54. The number of amides is 1. The molecule has 162 valence electrons. The van der Waals surface area contributed by atoms with E-state index in [0.29, 0.717) is 33.8 Å². The summed E-state index contributed by atoms with van der Waals surface area (Å²) in [6.45, 7) is 2.76. The van der Waals surface area contributed by atoms with Gasteiger partial charge in [-0.05, 0) is 49.6 Å². The fourth-order valence-corrected chi connectivity index (χ4v) is 6.05. The minimum absolute atomic E-state index is 0.168. The molecule has 0 aliphatic carbocycles. The van der Waals surface area contributed by atoms with Crippen LogP contribution in [0.1, 0.15) is 35.2 Å². The number of nitrogens with zero attached hydrogens (tertiary/aromatic N) is 3. The first-order valence-corrected chi connectivity index (χ1v) is 12.5. The van der Waals surface area contributed by atoms with Gasteiger partial charge in [-0.15, -0.1) is 10.2 Å². The number of benzene rings is 2.